The van der Waals surface area contributed by atoms with Gasteiger partial charge in [-0.25, -0.2) is 4.39 Å². The smallest absolute Gasteiger partial charge is 0.147 e. The van der Waals surface area contributed by atoms with Crippen LogP contribution in [0.2, 0.25) is 0 Å². The Morgan fingerprint density at radius 1 is 1.33 bits per heavy atom. The molecular weight excluding hydrogens is 115 g/mol. The zero-order valence-corrected chi connectivity index (χ0v) is 5.99. The summed E-state index contributed by atoms with van der Waals surface area (Å²) in [5, 5.41) is 0. The molecule has 0 bridgehead atoms. The summed E-state index contributed by atoms with van der Waals surface area (Å²) < 4.78 is 12.8. The summed E-state index contributed by atoms with van der Waals surface area (Å²) in [5.41, 5.74) is 0. The van der Waals surface area contributed by atoms with Gasteiger partial charge in [0, 0.05) is 0 Å². The fourth-order valence-electron chi connectivity index (χ4n) is 1.32. The Morgan fingerprint density at radius 2 is 2.11 bits per heavy atom. The van der Waals surface area contributed by atoms with Crippen molar-refractivity contribution in [1.82, 2.24) is 0 Å². The van der Waals surface area contributed by atoms with Crippen LogP contribution in [-0.4, -0.2) is 0 Å². The lowest BCUT2D eigenvalue weighted by molar-refractivity contribution is 0.352. The van der Waals surface area contributed by atoms with Gasteiger partial charge in [-0.15, -0.1) is 0 Å². The molecule has 0 N–H and O–H groups in total. The standard InChI is InChI=1S/C8H14F/c1-7-5-3-2-4-6-8(7)9/h7H,2-6H2,1H3. The van der Waals surface area contributed by atoms with Gasteiger partial charge in [0.15, 0.2) is 0 Å². The van der Waals surface area contributed by atoms with E-state index in [0.717, 1.165) is 19.3 Å². The Hall–Kier alpha value is -0.0700. The number of rotatable bonds is 0. The predicted molar refractivity (Wildman–Crippen MR) is 36.6 cm³/mol. The summed E-state index contributed by atoms with van der Waals surface area (Å²) in [6.07, 6.45) is 5.52. The largest absolute Gasteiger partial charge is 0.240 e. The van der Waals surface area contributed by atoms with Crippen molar-refractivity contribution in [2.45, 2.75) is 39.0 Å². The van der Waals surface area contributed by atoms with Gasteiger partial charge in [0.2, 0.25) is 0 Å². The van der Waals surface area contributed by atoms with Crippen molar-refractivity contribution in [2.24, 2.45) is 5.92 Å². The molecule has 53 valence electrons. The molecule has 0 aromatic heterocycles. The van der Waals surface area contributed by atoms with Gasteiger partial charge in [-0.1, -0.05) is 26.2 Å². The van der Waals surface area contributed by atoms with Crippen molar-refractivity contribution < 1.29 is 4.39 Å². The van der Waals surface area contributed by atoms with E-state index in [2.05, 4.69) is 0 Å². The second kappa shape index (κ2) is 3.19. The maximum absolute atomic E-state index is 12.8. The summed E-state index contributed by atoms with van der Waals surface area (Å²) in [6, 6.07) is 0. The van der Waals surface area contributed by atoms with E-state index in [4.69, 9.17) is 0 Å². The fraction of sp³-hybridized carbons (Fsp3) is 0.875. The van der Waals surface area contributed by atoms with E-state index in [1.165, 1.54) is 12.8 Å². The summed E-state index contributed by atoms with van der Waals surface area (Å²) in [7, 11) is 0. The first kappa shape index (κ1) is 7.04. The Labute approximate surface area is 56.5 Å². The molecule has 1 heteroatoms. The number of hydrogen-bond donors (Lipinski definition) is 0. The van der Waals surface area contributed by atoms with E-state index in [1.54, 1.807) is 0 Å². The molecule has 0 heterocycles. The summed E-state index contributed by atoms with van der Waals surface area (Å²) in [4.78, 5) is 0. The second-order valence-electron chi connectivity index (χ2n) is 2.95. The summed E-state index contributed by atoms with van der Waals surface area (Å²) in [6.45, 7) is 1.99. The minimum absolute atomic E-state index is 0.229. The average Bonchev–Trinajstić information content (AvgIpc) is 1.99. The molecule has 0 aromatic carbocycles. The lowest BCUT2D eigenvalue weighted by atomic mass is 10.0. The molecule has 0 aromatic rings. The van der Waals surface area contributed by atoms with E-state index in [1.807, 2.05) is 6.92 Å². The van der Waals surface area contributed by atoms with Crippen molar-refractivity contribution in [3.63, 3.8) is 0 Å². The third-order valence-electron chi connectivity index (χ3n) is 2.09. The van der Waals surface area contributed by atoms with Crippen LogP contribution in [-0.2, 0) is 0 Å². The van der Waals surface area contributed by atoms with Gasteiger partial charge >= 0.3 is 0 Å². The molecule has 1 unspecified atom stereocenters. The van der Waals surface area contributed by atoms with Crippen LogP contribution < -0.4 is 0 Å². The van der Waals surface area contributed by atoms with Crippen LogP contribution in [0.1, 0.15) is 39.0 Å². The van der Waals surface area contributed by atoms with E-state index in [0.29, 0.717) is 0 Å². The zero-order chi connectivity index (χ0) is 6.69. The van der Waals surface area contributed by atoms with Crippen LogP contribution in [0, 0.1) is 12.1 Å². The van der Waals surface area contributed by atoms with Crippen molar-refractivity contribution in [3.05, 3.63) is 6.17 Å². The van der Waals surface area contributed by atoms with Gasteiger partial charge in [-0.2, -0.15) is 0 Å². The van der Waals surface area contributed by atoms with Crippen molar-refractivity contribution >= 4 is 0 Å². The molecule has 1 fully saturated rings. The zero-order valence-electron chi connectivity index (χ0n) is 5.99. The van der Waals surface area contributed by atoms with E-state index in [9.17, 15) is 4.39 Å². The van der Waals surface area contributed by atoms with E-state index >= 15 is 0 Å². The molecule has 0 spiro atoms. The minimum Gasteiger partial charge on any atom is -0.240 e. The average molecular weight is 129 g/mol. The Bertz CT molecular complexity index is 70.6. The molecule has 1 rings (SSSR count). The van der Waals surface area contributed by atoms with Crippen LogP contribution >= 0.6 is 0 Å². The summed E-state index contributed by atoms with van der Waals surface area (Å²) >= 11 is 0. The second-order valence-corrected chi connectivity index (χ2v) is 2.95. The van der Waals surface area contributed by atoms with Gasteiger partial charge in [0.25, 0.3) is 0 Å². The first-order valence-electron chi connectivity index (χ1n) is 3.82. The molecule has 0 aliphatic heterocycles. The molecule has 1 aliphatic carbocycles. The van der Waals surface area contributed by atoms with Crippen LogP contribution in [0.3, 0.4) is 0 Å². The fourth-order valence-corrected chi connectivity index (χ4v) is 1.32. The van der Waals surface area contributed by atoms with E-state index < -0.39 is 0 Å². The highest BCUT2D eigenvalue weighted by molar-refractivity contribution is 4.84. The van der Waals surface area contributed by atoms with Crippen LogP contribution in [0.15, 0.2) is 0 Å². The Kier molecular flexibility index (Phi) is 2.49. The quantitative estimate of drug-likeness (QED) is 0.441. The molecule has 1 saturated carbocycles. The van der Waals surface area contributed by atoms with Crippen molar-refractivity contribution in [3.8, 4) is 0 Å². The Balaban J connectivity index is 2.32. The van der Waals surface area contributed by atoms with Gasteiger partial charge in [0.1, 0.15) is 6.17 Å². The molecule has 1 aliphatic rings. The van der Waals surface area contributed by atoms with E-state index in [-0.39, 0.29) is 12.1 Å². The SMILES string of the molecule is CC1CCCCC[C]1F. The molecule has 0 saturated heterocycles. The Morgan fingerprint density at radius 3 is 2.89 bits per heavy atom. The minimum atomic E-state index is 0.229. The normalized spacial score (nSPS) is 32.0. The maximum Gasteiger partial charge on any atom is 0.147 e. The van der Waals surface area contributed by atoms with Crippen molar-refractivity contribution in [1.29, 1.82) is 0 Å². The summed E-state index contributed by atoms with van der Waals surface area (Å²) in [5.74, 6) is 0.243. The predicted octanol–water partition coefficient (Wildman–Crippen LogP) is 3.09. The van der Waals surface area contributed by atoms with Gasteiger partial charge in [0.05, 0.1) is 0 Å². The van der Waals surface area contributed by atoms with Gasteiger partial charge in [-0.3, -0.25) is 0 Å². The third kappa shape index (κ3) is 1.96. The maximum atomic E-state index is 12.8. The highest BCUT2D eigenvalue weighted by Gasteiger charge is 2.19. The third-order valence-corrected chi connectivity index (χ3v) is 2.09. The highest BCUT2D eigenvalue weighted by Crippen LogP contribution is 2.30. The molecule has 1 radical (unpaired) electrons. The monoisotopic (exact) mass is 129 g/mol. The lowest BCUT2D eigenvalue weighted by Crippen LogP contribution is -2.00. The molecule has 9 heavy (non-hydrogen) atoms. The number of halogens is 1. The molecule has 0 nitrogen and oxygen atoms in total. The molecule has 1 atom stereocenters. The lowest BCUT2D eigenvalue weighted by Gasteiger charge is -2.09. The molecule has 0 amide bonds. The number of hydrogen-bond acceptors (Lipinski definition) is 0. The first-order chi connectivity index (χ1) is 4.30. The van der Waals surface area contributed by atoms with Gasteiger partial charge in [-0.05, 0) is 18.8 Å². The van der Waals surface area contributed by atoms with Crippen molar-refractivity contribution in [2.75, 3.05) is 0 Å². The highest BCUT2D eigenvalue weighted by atomic mass is 19.1. The molecular formula is C8H14F. The van der Waals surface area contributed by atoms with Crippen LogP contribution in [0.5, 0.6) is 0 Å². The first-order valence-corrected chi connectivity index (χ1v) is 3.82. The van der Waals surface area contributed by atoms with Crippen LogP contribution in [0.4, 0.5) is 4.39 Å². The van der Waals surface area contributed by atoms with Crippen LogP contribution in [0.25, 0.3) is 0 Å². The van der Waals surface area contributed by atoms with Gasteiger partial charge < -0.3 is 0 Å². The topological polar surface area (TPSA) is 0 Å².